The Labute approximate surface area is 86.3 Å². The minimum absolute atomic E-state index is 0.0147. The third kappa shape index (κ3) is 2.88. The summed E-state index contributed by atoms with van der Waals surface area (Å²) < 4.78 is 73.2. The van der Waals surface area contributed by atoms with E-state index >= 15 is 0 Å². The SMILES string of the molecule is [O]Cc1cc(C(F)(F)F)cc(C(F)(F)F)c1. The van der Waals surface area contributed by atoms with E-state index in [1.165, 1.54) is 0 Å². The monoisotopic (exact) mass is 243 g/mol. The van der Waals surface area contributed by atoms with E-state index in [0.29, 0.717) is 12.1 Å². The Morgan fingerprint density at radius 1 is 0.812 bits per heavy atom. The van der Waals surface area contributed by atoms with Gasteiger partial charge in [-0.15, -0.1) is 0 Å². The number of hydrogen-bond donors (Lipinski definition) is 0. The topological polar surface area (TPSA) is 19.9 Å². The van der Waals surface area contributed by atoms with Crippen molar-refractivity contribution >= 4 is 0 Å². The van der Waals surface area contributed by atoms with Crippen LogP contribution in [0.2, 0.25) is 0 Å². The van der Waals surface area contributed by atoms with Crippen molar-refractivity contribution in [2.75, 3.05) is 0 Å². The summed E-state index contributed by atoms with van der Waals surface area (Å²) in [7, 11) is 0. The zero-order chi connectivity index (χ0) is 12.6. The van der Waals surface area contributed by atoms with Crippen LogP contribution in [0.4, 0.5) is 26.3 Å². The lowest BCUT2D eigenvalue weighted by atomic mass is 10.1. The second kappa shape index (κ2) is 3.97. The Morgan fingerprint density at radius 3 is 1.44 bits per heavy atom. The maximum Gasteiger partial charge on any atom is 0.416 e. The average Bonchev–Trinajstić information content (AvgIpc) is 2.14. The molecule has 1 radical (unpaired) electrons. The zero-order valence-electron chi connectivity index (χ0n) is 7.62. The van der Waals surface area contributed by atoms with E-state index in [9.17, 15) is 31.4 Å². The minimum atomic E-state index is -4.90. The van der Waals surface area contributed by atoms with Gasteiger partial charge in [0.15, 0.2) is 0 Å². The van der Waals surface area contributed by atoms with Crippen molar-refractivity contribution in [1.29, 1.82) is 0 Å². The van der Waals surface area contributed by atoms with Crippen LogP contribution in [0.1, 0.15) is 16.7 Å². The summed E-state index contributed by atoms with van der Waals surface area (Å²) in [6.45, 7) is -1.13. The summed E-state index contributed by atoms with van der Waals surface area (Å²) in [5, 5.41) is 10.4. The highest BCUT2D eigenvalue weighted by Crippen LogP contribution is 2.36. The van der Waals surface area contributed by atoms with Crippen molar-refractivity contribution < 1.29 is 31.4 Å². The first-order chi connectivity index (χ1) is 7.14. The molecular weight excluding hydrogens is 238 g/mol. The first-order valence-electron chi connectivity index (χ1n) is 4.01. The zero-order valence-corrected chi connectivity index (χ0v) is 7.62. The van der Waals surface area contributed by atoms with Crippen molar-refractivity contribution in [2.24, 2.45) is 0 Å². The van der Waals surface area contributed by atoms with Crippen LogP contribution in [0.3, 0.4) is 0 Å². The summed E-state index contributed by atoms with van der Waals surface area (Å²) in [5.74, 6) is 0. The number of rotatable bonds is 1. The molecule has 89 valence electrons. The summed E-state index contributed by atoms with van der Waals surface area (Å²) in [4.78, 5) is 0. The van der Waals surface area contributed by atoms with E-state index in [1.807, 2.05) is 0 Å². The second-order valence-electron chi connectivity index (χ2n) is 3.06. The predicted octanol–water partition coefficient (Wildman–Crippen LogP) is 3.65. The van der Waals surface area contributed by atoms with Gasteiger partial charge in [0.1, 0.15) is 6.61 Å². The molecule has 0 aliphatic carbocycles. The van der Waals surface area contributed by atoms with Crippen LogP contribution in [0.25, 0.3) is 0 Å². The molecule has 1 rings (SSSR count). The van der Waals surface area contributed by atoms with Crippen LogP contribution in [-0.2, 0) is 24.1 Å². The molecule has 0 heterocycles. The highest BCUT2D eigenvalue weighted by molar-refractivity contribution is 5.33. The molecule has 0 saturated heterocycles. The summed E-state index contributed by atoms with van der Waals surface area (Å²) in [6.07, 6.45) is -9.80. The molecule has 0 saturated carbocycles. The van der Waals surface area contributed by atoms with Gasteiger partial charge in [-0.2, -0.15) is 26.3 Å². The van der Waals surface area contributed by atoms with E-state index in [-0.39, 0.29) is 6.07 Å². The average molecular weight is 243 g/mol. The van der Waals surface area contributed by atoms with Gasteiger partial charge in [-0.25, -0.2) is 5.11 Å². The standard InChI is InChI=1S/C9H5F6O/c10-8(11,12)6-1-5(4-16)2-7(3-6)9(13,14)15/h1-3H,4H2. The van der Waals surface area contributed by atoms with Crippen molar-refractivity contribution in [3.8, 4) is 0 Å². The number of alkyl halides is 6. The van der Waals surface area contributed by atoms with Crippen LogP contribution < -0.4 is 0 Å². The Kier molecular flexibility index (Phi) is 3.18. The van der Waals surface area contributed by atoms with Gasteiger partial charge in [-0.05, 0) is 23.8 Å². The number of hydrogen-bond acceptors (Lipinski definition) is 0. The Bertz CT molecular complexity index is 346. The van der Waals surface area contributed by atoms with E-state index in [2.05, 4.69) is 0 Å². The van der Waals surface area contributed by atoms with Gasteiger partial charge in [-0.1, -0.05) is 0 Å². The fourth-order valence-electron chi connectivity index (χ4n) is 1.10. The molecule has 0 aliphatic heterocycles. The highest BCUT2D eigenvalue weighted by Gasteiger charge is 2.36. The molecule has 7 heteroatoms. The van der Waals surface area contributed by atoms with Gasteiger partial charge in [-0.3, -0.25) is 0 Å². The lowest BCUT2D eigenvalue weighted by molar-refractivity contribution is -0.143. The summed E-state index contributed by atoms with van der Waals surface area (Å²) in [5.41, 5.74) is -3.47. The fraction of sp³-hybridized carbons (Fsp3) is 0.333. The molecule has 0 unspecified atom stereocenters. The van der Waals surface area contributed by atoms with Crippen LogP contribution in [0.5, 0.6) is 0 Å². The summed E-state index contributed by atoms with van der Waals surface area (Å²) in [6, 6.07) is 0.823. The van der Waals surface area contributed by atoms with Crippen LogP contribution in [-0.4, -0.2) is 0 Å². The smallest absolute Gasteiger partial charge is 0.232 e. The minimum Gasteiger partial charge on any atom is -0.232 e. The van der Waals surface area contributed by atoms with Gasteiger partial charge in [0.05, 0.1) is 11.1 Å². The van der Waals surface area contributed by atoms with Crippen molar-refractivity contribution in [3.05, 3.63) is 34.9 Å². The first-order valence-corrected chi connectivity index (χ1v) is 4.01. The molecule has 0 atom stereocenters. The van der Waals surface area contributed by atoms with Gasteiger partial charge in [0, 0.05) is 0 Å². The Balaban J connectivity index is 3.33. The van der Waals surface area contributed by atoms with Gasteiger partial charge < -0.3 is 0 Å². The molecular formula is C9H5F6O. The fourth-order valence-corrected chi connectivity index (χ4v) is 1.10. The molecule has 0 N–H and O–H groups in total. The van der Waals surface area contributed by atoms with Crippen molar-refractivity contribution in [3.63, 3.8) is 0 Å². The second-order valence-corrected chi connectivity index (χ2v) is 3.06. The molecule has 0 aromatic heterocycles. The number of halogens is 6. The van der Waals surface area contributed by atoms with Gasteiger partial charge >= 0.3 is 12.4 Å². The quantitative estimate of drug-likeness (QED) is 0.671. The lowest BCUT2D eigenvalue weighted by Crippen LogP contribution is -2.11. The maximum absolute atomic E-state index is 12.2. The van der Waals surface area contributed by atoms with E-state index in [1.54, 1.807) is 0 Å². The Morgan fingerprint density at radius 2 is 1.19 bits per heavy atom. The largest absolute Gasteiger partial charge is 0.416 e. The van der Waals surface area contributed by atoms with Crippen LogP contribution >= 0.6 is 0 Å². The van der Waals surface area contributed by atoms with E-state index < -0.39 is 35.6 Å². The molecule has 0 spiro atoms. The third-order valence-corrected chi connectivity index (χ3v) is 1.81. The molecule has 0 bridgehead atoms. The van der Waals surface area contributed by atoms with Gasteiger partial charge in [0.25, 0.3) is 0 Å². The lowest BCUT2D eigenvalue weighted by Gasteiger charge is -2.12. The normalized spacial score (nSPS) is 12.9. The summed E-state index contributed by atoms with van der Waals surface area (Å²) >= 11 is 0. The number of benzene rings is 1. The predicted molar refractivity (Wildman–Crippen MR) is 40.8 cm³/mol. The van der Waals surface area contributed by atoms with Crippen LogP contribution in [0, 0.1) is 0 Å². The molecule has 16 heavy (non-hydrogen) atoms. The first kappa shape index (κ1) is 12.8. The highest BCUT2D eigenvalue weighted by atomic mass is 19.4. The molecule has 0 aliphatic rings. The van der Waals surface area contributed by atoms with E-state index in [0.717, 1.165) is 0 Å². The molecule has 1 nitrogen and oxygen atoms in total. The van der Waals surface area contributed by atoms with Crippen LogP contribution in [0.15, 0.2) is 18.2 Å². The maximum atomic E-state index is 12.2. The molecule has 0 fully saturated rings. The van der Waals surface area contributed by atoms with Crippen molar-refractivity contribution in [2.45, 2.75) is 19.0 Å². The molecule has 1 aromatic rings. The van der Waals surface area contributed by atoms with Gasteiger partial charge in [0.2, 0.25) is 0 Å². The molecule has 0 amide bonds. The Hall–Kier alpha value is -1.24. The van der Waals surface area contributed by atoms with Crippen molar-refractivity contribution in [1.82, 2.24) is 0 Å². The third-order valence-electron chi connectivity index (χ3n) is 1.81. The molecule has 1 aromatic carbocycles. The van der Waals surface area contributed by atoms with E-state index in [4.69, 9.17) is 0 Å².